The molecular formula is C8H12Br2O4. The maximum Gasteiger partial charge on any atom is 0.331 e. The fourth-order valence-corrected chi connectivity index (χ4v) is 1.47. The fourth-order valence-electron chi connectivity index (χ4n) is 0.907. The third kappa shape index (κ3) is 6.37. The number of hydrogen-bond donors (Lipinski definition) is 2. The molecule has 82 valence electrons. The maximum absolute atomic E-state index is 10.6. The summed E-state index contributed by atoms with van der Waals surface area (Å²) in [4.78, 5) is 20.8. The molecule has 0 radical (unpaired) electrons. The number of hydrogen-bond acceptors (Lipinski definition) is 2. The summed E-state index contributed by atoms with van der Waals surface area (Å²) in [5.41, 5.74) is 0. The smallest absolute Gasteiger partial charge is 0.331 e. The van der Waals surface area contributed by atoms with Crippen LogP contribution in [0.1, 0.15) is 32.1 Å². The van der Waals surface area contributed by atoms with E-state index >= 15 is 0 Å². The van der Waals surface area contributed by atoms with Crippen LogP contribution in [0.25, 0.3) is 0 Å². The predicted molar refractivity (Wildman–Crippen MR) is 58.9 cm³/mol. The van der Waals surface area contributed by atoms with Crippen LogP contribution < -0.4 is 0 Å². The van der Waals surface area contributed by atoms with Gasteiger partial charge >= 0.3 is 11.9 Å². The summed E-state index contributed by atoms with van der Waals surface area (Å²) in [6, 6.07) is 0. The van der Waals surface area contributed by atoms with Gasteiger partial charge in [-0.15, -0.1) is 0 Å². The average molecular weight is 332 g/mol. The largest absolute Gasteiger partial charge is 0.481 e. The van der Waals surface area contributed by atoms with Crippen LogP contribution in [0.15, 0.2) is 0 Å². The van der Waals surface area contributed by atoms with Crippen molar-refractivity contribution in [2.45, 2.75) is 35.3 Å². The van der Waals surface area contributed by atoms with Crippen molar-refractivity contribution >= 4 is 43.8 Å². The van der Waals surface area contributed by atoms with Gasteiger partial charge in [0.1, 0.15) is 0 Å². The summed E-state index contributed by atoms with van der Waals surface area (Å²) in [5, 5.41) is 17.0. The maximum atomic E-state index is 10.6. The highest BCUT2D eigenvalue weighted by molar-refractivity contribution is 9.25. The van der Waals surface area contributed by atoms with Gasteiger partial charge in [-0.25, -0.2) is 4.79 Å². The van der Waals surface area contributed by atoms with Crippen LogP contribution in [0, 0.1) is 0 Å². The van der Waals surface area contributed by atoms with Crippen molar-refractivity contribution < 1.29 is 19.8 Å². The average Bonchev–Trinajstić information content (AvgIpc) is 2.02. The number of carbonyl (C=O) groups is 2. The normalized spacial score (nSPS) is 11.3. The first-order chi connectivity index (χ1) is 6.36. The van der Waals surface area contributed by atoms with Crippen molar-refractivity contribution in [3.8, 4) is 0 Å². The molecule has 0 rings (SSSR count). The molecule has 0 aliphatic carbocycles. The highest BCUT2D eigenvalue weighted by atomic mass is 79.9. The Morgan fingerprint density at radius 3 is 2.07 bits per heavy atom. The highest BCUT2D eigenvalue weighted by Gasteiger charge is 2.30. The van der Waals surface area contributed by atoms with E-state index in [0.717, 1.165) is 6.42 Å². The number of carboxylic acids is 2. The van der Waals surface area contributed by atoms with E-state index in [0.29, 0.717) is 19.3 Å². The molecule has 0 aromatic carbocycles. The molecular weight excluding hydrogens is 320 g/mol. The minimum Gasteiger partial charge on any atom is -0.481 e. The Bertz CT molecular complexity index is 215. The van der Waals surface area contributed by atoms with Crippen molar-refractivity contribution in [2.75, 3.05) is 0 Å². The van der Waals surface area contributed by atoms with Gasteiger partial charge in [0.05, 0.1) is 0 Å². The molecule has 14 heavy (non-hydrogen) atoms. The molecule has 0 aromatic heterocycles. The molecule has 6 heteroatoms. The topological polar surface area (TPSA) is 74.6 Å². The van der Waals surface area contributed by atoms with Crippen molar-refractivity contribution in [2.24, 2.45) is 0 Å². The Balaban J connectivity index is 3.54. The Kier molecular flexibility index (Phi) is 6.35. The number of alkyl halides is 2. The Morgan fingerprint density at radius 1 is 1.07 bits per heavy atom. The van der Waals surface area contributed by atoms with E-state index < -0.39 is 15.2 Å². The molecule has 0 spiro atoms. The van der Waals surface area contributed by atoms with E-state index in [-0.39, 0.29) is 6.42 Å². The van der Waals surface area contributed by atoms with Crippen LogP contribution in [-0.2, 0) is 9.59 Å². The standard InChI is InChI=1S/C8H12Br2O4/c9-8(10,7(13)14)5-3-1-2-4-6(11)12/h1-5H2,(H,11,12)(H,13,14). The SMILES string of the molecule is O=C(O)CCCCCC(Br)(Br)C(=O)O. The zero-order chi connectivity index (χ0) is 11.2. The number of aliphatic carboxylic acids is 2. The van der Waals surface area contributed by atoms with E-state index in [4.69, 9.17) is 10.2 Å². The second-order valence-corrected chi connectivity index (χ2v) is 6.74. The lowest BCUT2D eigenvalue weighted by Gasteiger charge is -2.13. The first-order valence-electron chi connectivity index (χ1n) is 4.19. The lowest BCUT2D eigenvalue weighted by atomic mass is 10.1. The second-order valence-electron chi connectivity index (χ2n) is 2.96. The van der Waals surface area contributed by atoms with Gasteiger partial charge in [-0.05, 0) is 12.8 Å². The molecule has 0 aliphatic heterocycles. The molecule has 0 saturated heterocycles. The van der Waals surface area contributed by atoms with Crippen LogP contribution in [0.5, 0.6) is 0 Å². The number of carboxylic acid groups (broad SMARTS) is 2. The summed E-state index contributed by atoms with van der Waals surface area (Å²) in [5.74, 6) is -1.78. The van der Waals surface area contributed by atoms with Crippen molar-refractivity contribution in [3.63, 3.8) is 0 Å². The molecule has 0 aliphatic rings. The summed E-state index contributed by atoms with van der Waals surface area (Å²) in [6.07, 6.45) is 2.56. The summed E-state index contributed by atoms with van der Waals surface area (Å²) < 4.78 is -1.07. The van der Waals surface area contributed by atoms with Crippen LogP contribution in [0.3, 0.4) is 0 Å². The van der Waals surface area contributed by atoms with Gasteiger partial charge in [-0.2, -0.15) is 0 Å². The first kappa shape index (κ1) is 13.9. The molecule has 0 saturated carbocycles. The van der Waals surface area contributed by atoms with Crippen LogP contribution in [0.2, 0.25) is 0 Å². The van der Waals surface area contributed by atoms with E-state index in [9.17, 15) is 9.59 Å². The number of unbranched alkanes of at least 4 members (excludes halogenated alkanes) is 2. The quantitative estimate of drug-likeness (QED) is 0.555. The van der Waals surface area contributed by atoms with Crippen molar-refractivity contribution in [1.82, 2.24) is 0 Å². The number of rotatable bonds is 7. The molecule has 0 amide bonds. The van der Waals surface area contributed by atoms with Crippen molar-refractivity contribution in [1.29, 1.82) is 0 Å². The molecule has 0 fully saturated rings. The lowest BCUT2D eigenvalue weighted by Crippen LogP contribution is -2.23. The molecule has 4 nitrogen and oxygen atoms in total. The lowest BCUT2D eigenvalue weighted by molar-refractivity contribution is -0.138. The Labute approximate surface area is 98.9 Å². The monoisotopic (exact) mass is 330 g/mol. The zero-order valence-corrected chi connectivity index (χ0v) is 10.7. The van der Waals surface area contributed by atoms with Crippen LogP contribution in [0.4, 0.5) is 0 Å². The van der Waals surface area contributed by atoms with E-state index in [1.165, 1.54) is 0 Å². The third-order valence-electron chi connectivity index (χ3n) is 1.69. The summed E-state index contributed by atoms with van der Waals surface area (Å²) in [7, 11) is 0. The minimum absolute atomic E-state index is 0.143. The van der Waals surface area contributed by atoms with Crippen molar-refractivity contribution in [3.05, 3.63) is 0 Å². The summed E-state index contributed by atoms with van der Waals surface area (Å²) >= 11 is 6.06. The zero-order valence-electron chi connectivity index (χ0n) is 7.50. The van der Waals surface area contributed by atoms with E-state index in [1.54, 1.807) is 0 Å². The Morgan fingerprint density at radius 2 is 1.64 bits per heavy atom. The third-order valence-corrected chi connectivity index (χ3v) is 3.17. The highest BCUT2D eigenvalue weighted by Crippen LogP contribution is 2.32. The van der Waals surface area contributed by atoms with Gasteiger partial charge < -0.3 is 10.2 Å². The van der Waals surface area contributed by atoms with Gasteiger partial charge in [-0.1, -0.05) is 44.7 Å². The molecule has 0 aromatic rings. The van der Waals surface area contributed by atoms with Gasteiger partial charge in [0.25, 0.3) is 0 Å². The van der Waals surface area contributed by atoms with Crippen LogP contribution in [-0.4, -0.2) is 25.4 Å². The van der Waals surface area contributed by atoms with Gasteiger partial charge in [0.2, 0.25) is 0 Å². The fraction of sp³-hybridized carbons (Fsp3) is 0.750. The molecule has 0 atom stereocenters. The molecule has 0 unspecified atom stereocenters. The first-order valence-corrected chi connectivity index (χ1v) is 5.78. The minimum atomic E-state index is -1.07. The van der Waals surface area contributed by atoms with Gasteiger partial charge in [0.15, 0.2) is 3.23 Å². The number of halogens is 2. The van der Waals surface area contributed by atoms with Gasteiger partial charge in [-0.3, -0.25) is 4.79 Å². The molecule has 0 bridgehead atoms. The molecule has 2 N–H and O–H groups in total. The van der Waals surface area contributed by atoms with E-state index in [2.05, 4.69) is 31.9 Å². The predicted octanol–water partition coefficient (Wildman–Crippen LogP) is 2.59. The van der Waals surface area contributed by atoms with Crippen LogP contribution >= 0.6 is 31.9 Å². The van der Waals surface area contributed by atoms with Gasteiger partial charge in [0, 0.05) is 6.42 Å². The summed E-state index contributed by atoms with van der Waals surface area (Å²) in [6.45, 7) is 0. The molecule has 0 heterocycles. The second kappa shape index (κ2) is 6.40. The van der Waals surface area contributed by atoms with E-state index in [1.807, 2.05) is 0 Å². The Hall–Kier alpha value is -0.100.